The normalized spacial score (nSPS) is 10.8. The lowest BCUT2D eigenvalue weighted by Gasteiger charge is -2.08. The first-order chi connectivity index (χ1) is 8.74. The Morgan fingerprint density at radius 1 is 1.22 bits per heavy atom. The maximum absolute atomic E-state index is 13.0. The minimum absolute atomic E-state index is 0.180. The van der Waals surface area contributed by atoms with Gasteiger partial charge in [0.05, 0.1) is 13.2 Å². The van der Waals surface area contributed by atoms with Gasteiger partial charge in [-0.15, -0.1) is 0 Å². The molecule has 0 aliphatic heterocycles. The zero-order valence-corrected chi connectivity index (χ0v) is 11.2. The van der Waals surface area contributed by atoms with E-state index in [9.17, 15) is 4.39 Å². The largest absolute Gasteiger partial charge is 0.382 e. The van der Waals surface area contributed by atoms with Crippen molar-refractivity contribution in [3.05, 3.63) is 35.1 Å². The molecular weight excluding hydrogens is 233 g/mol. The highest BCUT2D eigenvalue weighted by Crippen LogP contribution is 2.09. The van der Waals surface area contributed by atoms with E-state index in [4.69, 9.17) is 9.47 Å². The highest BCUT2D eigenvalue weighted by molar-refractivity contribution is 5.26. The molecule has 1 aromatic carbocycles. The number of methoxy groups -OCH3 is 1. The van der Waals surface area contributed by atoms with E-state index < -0.39 is 0 Å². The molecule has 0 aromatic heterocycles. The second-order valence-corrected chi connectivity index (χ2v) is 4.21. The summed E-state index contributed by atoms with van der Waals surface area (Å²) in [6.07, 6.45) is 0.943. The third-order valence-electron chi connectivity index (χ3n) is 2.70. The molecule has 1 aromatic rings. The van der Waals surface area contributed by atoms with Gasteiger partial charge in [0.25, 0.3) is 0 Å². The molecule has 0 amide bonds. The van der Waals surface area contributed by atoms with Crippen LogP contribution in [0, 0.1) is 12.7 Å². The Kier molecular flexibility index (Phi) is 7.57. The van der Waals surface area contributed by atoms with Crippen molar-refractivity contribution in [3.63, 3.8) is 0 Å². The summed E-state index contributed by atoms with van der Waals surface area (Å²) >= 11 is 0. The smallest absolute Gasteiger partial charge is 0.123 e. The van der Waals surface area contributed by atoms with Crippen molar-refractivity contribution in [2.45, 2.75) is 19.9 Å². The van der Waals surface area contributed by atoms with E-state index in [-0.39, 0.29) is 5.82 Å². The highest BCUT2D eigenvalue weighted by atomic mass is 19.1. The van der Waals surface area contributed by atoms with Gasteiger partial charge in [-0.05, 0) is 43.1 Å². The van der Waals surface area contributed by atoms with Crippen LogP contribution < -0.4 is 5.32 Å². The van der Waals surface area contributed by atoms with Gasteiger partial charge in [-0.3, -0.25) is 0 Å². The predicted molar refractivity (Wildman–Crippen MR) is 70.2 cm³/mol. The van der Waals surface area contributed by atoms with Crippen molar-refractivity contribution in [2.75, 3.05) is 33.5 Å². The van der Waals surface area contributed by atoms with E-state index in [1.54, 1.807) is 19.2 Å². The van der Waals surface area contributed by atoms with Gasteiger partial charge in [-0.25, -0.2) is 4.39 Å². The van der Waals surface area contributed by atoms with Gasteiger partial charge in [0.1, 0.15) is 5.82 Å². The van der Waals surface area contributed by atoms with Gasteiger partial charge >= 0.3 is 0 Å². The Labute approximate surface area is 108 Å². The molecule has 0 saturated heterocycles. The fourth-order valence-electron chi connectivity index (χ4n) is 1.60. The maximum Gasteiger partial charge on any atom is 0.123 e. The first-order valence-electron chi connectivity index (χ1n) is 6.26. The van der Waals surface area contributed by atoms with Crippen LogP contribution in [0.5, 0.6) is 0 Å². The lowest BCUT2D eigenvalue weighted by Crippen LogP contribution is -2.17. The Morgan fingerprint density at radius 3 is 2.83 bits per heavy atom. The molecule has 0 radical (unpaired) electrons. The summed E-state index contributed by atoms with van der Waals surface area (Å²) in [7, 11) is 1.66. The minimum atomic E-state index is -0.180. The Bertz CT molecular complexity index is 345. The first kappa shape index (κ1) is 15.1. The summed E-state index contributed by atoms with van der Waals surface area (Å²) in [6.45, 7) is 5.54. The van der Waals surface area contributed by atoms with Crippen LogP contribution in [-0.4, -0.2) is 33.5 Å². The van der Waals surface area contributed by atoms with Crippen molar-refractivity contribution in [1.29, 1.82) is 0 Å². The number of hydrogen-bond donors (Lipinski definition) is 1. The van der Waals surface area contributed by atoms with Crippen LogP contribution in [0.2, 0.25) is 0 Å². The molecular formula is C14H22FNO2. The van der Waals surface area contributed by atoms with E-state index in [2.05, 4.69) is 5.32 Å². The van der Waals surface area contributed by atoms with Gasteiger partial charge in [-0.2, -0.15) is 0 Å². The summed E-state index contributed by atoms with van der Waals surface area (Å²) in [5.41, 5.74) is 2.12. The SMILES string of the molecule is COCCOCCCNCc1cc(F)ccc1C. The molecule has 4 heteroatoms. The fraction of sp³-hybridized carbons (Fsp3) is 0.571. The lowest BCUT2D eigenvalue weighted by molar-refractivity contribution is 0.0695. The predicted octanol–water partition coefficient (Wildman–Crippen LogP) is 2.28. The molecule has 0 fully saturated rings. The average molecular weight is 255 g/mol. The minimum Gasteiger partial charge on any atom is -0.382 e. The van der Waals surface area contributed by atoms with Crippen molar-refractivity contribution in [3.8, 4) is 0 Å². The number of halogens is 1. The van der Waals surface area contributed by atoms with Crippen LogP contribution in [0.25, 0.3) is 0 Å². The second-order valence-electron chi connectivity index (χ2n) is 4.21. The quantitative estimate of drug-likeness (QED) is 0.687. The number of benzene rings is 1. The van der Waals surface area contributed by atoms with Crippen molar-refractivity contribution in [1.82, 2.24) is 5.32 Å². The zero-order chi connectivity index (χ0) is 13.2. The summed E-state index contributed by atoms with van der Waals surface area (Å²) in [5.74, 6) is -0.180. The molecule has 0 aliphatic carbocycles. The van der Waals surface area contributed by atoms with Gasteiger partial charge < -0.3 is 14.8 Å². The molecule has 0 unspecified atom stereocenters. The topological polar surface area (TPSA) is 30.5 Å². The number of hydrogen-bond acceptors (Lipinski definition) is 3. The average Bonchev–Trinajstić information content (AvgIpc) is 2.36. The van der Waals surface area contributed by atoms with E-state index in [1.165, 1.54) is 6.07 Å². The molecule has 3 nitrogen and oxygen atoms in total. The van der Waals surface area contributed by atoms with Crippen LogP contribution in [0.15, 0.2) is 18.2 Å². The third kappa shape index (κ3) is 6.10. The summed E-state index contributed by atoms with van der Waals surface area (Å²) in [5, 5.41) is 3.28. The van der Waals surface area contributed by atoms with Crippen LogP contribution in [0.3, 0.4) is 0 Å². The van der Waals surface area contributed by atoms with Crippen LogP contribution in [-0.2, 0) is 16.0 Å². The second kappa shape index (κ2) is 9.03. The fourth-order valence-corrected chi connectivity index (χ4v) is 1.60. The molecule has 0 saturated carbocycles. The van der Waals surface area contributed by atoms with Gasteiger partial charge in [0.15, 0.2) is 0 Å². The zero-order valence-electron chi connectivity index (χ0n) is 11.2. The van der Waals surface area contributed by atoms with Crippen molar-refractivity contribution < 1.29 is 13.9 Å². The number of ether oxygens (including phenoxy) is 2. The lowest BCUT2D eigenvalue weighted by atomic mass is 10.1. The molecule has 0 heterocycles. The number of rotatable bonds is 9. The maximum atomic E-state index is 13.0. The molecule has 1 rings (SSSR count). The molecule has 0 atom stereocenters. The summed E-state index contributed by atoms with van der Waals surface area (Å²) < 4.78 is 23.3. The monoisotopic (exact) mass is 255 g/mol. The Hall–Kier alpha value is -0.970. The molecule has 0 bridgehead atoms. The van der Waals surface area contributed by atoms with Crippen LogP contribution >= 0.6 is 0 Å². The van der Waals surface area contributed by atoms with Gasteiger partial charge in [0, 0.05) is 20.3 Å². The highest BCUT2D eigenvalue weighted by Gasteiger charge is 1.99. The van der Waals surface area contributed by atoms with Crippen LogP contribution in [0.1, 0.15) is 17.5 Å². The summed E-state index contributed by atoms with van der Waals surface area (Å²) in [6, 6.07) is 4.88. The molecule has 1 N–H and O–H groups in total. The molecule has 0 aliphatic rings. The molecule has 0 spiro atoms. The standard InChI is InChI=1S/C14H22FNO2/c1-12-4-5-14(15)10-13(12)11-16-6-3-7-18-9-8-17-2/h4-5,10,16H,3,6-9,11H2,1-2H3. The van der Waals surface area contributed by atoms with Gasteiger partial charge in [0.2, 0.25) is 0 Å². The van der Waals surface area contributed by atoms with E-state index in [0.717, 1.165) is 30.7 Å². The van der Waals surface area contributed by atoms with Crippen molar-refractivity contribution in [2.24, 2.45) is 0 Å². The first-order valence-corrected chi connectivity index (χ1v) is 6.26. The van der Waals surface area contributed by atoms with Crippen molar-refractivity contribution >= 4 is 0 Å². The number of nitrogens with one attached hydrogen (secondary N) is 1. The number of aryl methyl sites for hydroxylation is 1. The molecule has 102 valence electrons. The third-order valence-corrected chi connectivity index (χ3v) is 2.70. The van der Waals surface area contributed by atoms with E-state index >= 15 is 0 Å². The van der Waals surface area contributed by atoms with Crippen LogP contribution in [0.4, 0.5) is 4.39 Å². The summed E-state index contributed by atoms with van der Waals surface area (Å²) in [4.78, 5) is 0. The Balaban J connectivity index is 2.09. The molecule has 18 heavy (non-hydrogen) atoms. The van der Waals surface area contributed by atoms with E-state index in [0.29, 0.717) is 19.8 Å². The van der Waals surface area contributed by atoms with E-state index in [1.807, 2.05) is 6.92 Å². The van der Waals surface area contributed by atoms with Gasteiger partial charge in [-0.1, -0.05) is 6.07 Å². The Morgan fingerprint density at radius 2 is 2.06 bits per heavy atom.